The van der Waals surface area contributed by atoms with E-state index in [1.807, 2.05) is 33.8 Å². The van der Waals surface area contributed by atoms with Crippen molar-refractivity contribution in [3.8, 4) is 0 Å². The second kappa shape index (κ2) is 18.0. The molecule has 57 heavy (non-hydrogen) atoms. The number of carbonyl (C=O) groups excluding carboxylic acids is 2. The summed E-state index contributed by atoms with van der Waals surface area (Å²) in [4.78, 5) is 36.5. The monoisotopic (exact) mass is 839 g/mol. The molecule has 0 atom stereocenters. The standard InChI is InChI=1S/C21H32N2O3S.C20H28F3N3O3S/c1-4-7-27(25,26)13-18-10-21(11-18,9-17-5-6-17)14-23-20(24)19-12-22-16(3)8-15(19)2;1-3-6-30(28,29)11-15-8-19(9-15,7-14-4-5-14)12-25-18(27)16-10-24-13(2)26-17(16)20(21,22)23/h8,12,17-18H,4-7,9-11,13-14H2,1-3H3,(H,23,24);10,14-15H,3-9,11-12H2,1-2H3,(H,25,27). The van der Waals surface area contributed by atoms with Gasteiger partial charge in [0.15, 0.2) is 25.4 Å². The lowest BCUT2D eigenvalue weighted by Gasteiger charge is -2.48. The fourth-order valence-electron chi connectivity index (χ4n) is 9.22. The van der Waals surface area contributed by atoms with Crippen LogP contribution in [0.3, 0.4) is 0 Å². The lowest BCUT2D eigenvalue weighted by atomic mass is 9.60. The van der Waals surface area contributed by atoms with Gasteiger partial charge in [-0.1, -0.05) is 39.5 Å². The van der Waals surface area contributed by atoms with Crippen LogP contribution in [-0.2, 0) is 25.9 Å². The molecular formula is C41H60F3N5O6S2. The zero-order valence-electron chi connectivity index (χ0n) is 34.0. The number of carbonyl (C=O) groups is 2. The molecule has 4 fully saturated rings. The van der Waals surface area contributed by atoms with Gasteiger partial charge in [-0.25, -0.2) is 26.8 Å². The van der Waals surface area contributed by atoms with Gasteiger partial charge in [-0.3, -0.25) is 14.6 Å². The quantitative estimate of drug-likeness (QED) is 0.161. The highest BCUT2D eigenvalue weighted by Gasteiger charge is 2.49. The number of aromatic nitrogens is 3. The van der Waals surface area contributed by atoms with E-state index in [1.165, 1.54) is 19.8 Å². The summed E-state index contributed by atoms with van der Waals surface area (Å²) in [6.07, 6.45) is 8.99. The summed E-state index contributed by atoms with van der Waals surface area (Å²) in [5.41, 5.74) is 0.487. The number of nitrogens with one attached hydrogen (secondary N) is 2. The molecule has 2 heterocycles. The molecule has 0 saturated heterocycles. The first-order valence-corrected chi connectivity index (χ1v) is 24.1. The summed E-state index contributed by atoms with van der Waals surface area (Å²) in [6, 6.07) is 1.92. The molecule has 318 valence electrons. The van der Waals surface area contributed by atoms with Gasteiger partial charge in [0.1, 0.15) is 5.82 Å². The van der Waals surface area contributed by atoms with Crippen LogP contribution in [0.5, 0.6) is 0 Å². The lowest BCUT2D eigenvalue weighted by molar-refractivity contribution is -0.141. The first-order chi connectivity index (χ1) is 26.6. The summed E-state index contributed by atoms with van der Waals surface area (Å²) < 4.78 is 88.2. The van der Waals surface area contributed by atoms with Crippen molar-refractivity contribution in [2.24, 2.45) is 34.5 Å². The van der Waals surface area contributed by atoms with Crippen LogP contribution in [0.15, 0.2) is 18.5 Å². The van der Waals surface area contributed by atoms with Crippen LogP contribution in [-0.4, -0.2) is 79.7 Å². The van der Waals surface area contributed by atoms with Gasteiger partial charge in [0.2, 0.25) is 0 Å². The third-order valence-electron chi connectivity index (χ3n) is 11.9. The molecule has 4 aliphatic carbocycles. The lowest BCUT2D eigenvalue weighted by Crippen LogP contribution is -2.48. The molecule has 16 heteroatoms. The maximum Gasteiger partial charge on any atom is 0.434 e. The maximum absolute atomic E-state index is 13.3. The molecule has 2 aromatic rings. The van der Waals surface area contributed by atoms with Gasteiger partial charge in [0.05, 0.1) is 22.6 Å². The molecule has 0 spiro atoms. The van der Waals surface area contributed by atoms with E-state index < -0.39 is 43.0 Å². The predicted molar refractivity (Wildman–Crippen MR) is 213 cm³/mol. The van der Waals surface area contributed by atoms with Gasteiger partial charge >= 0.3 is 6.18 Å². The number of amides is 2. The van der Waals surface area contributed by atoms with Crippen LogP contribution in [0.25, 0.3) is 0 Å². The highest BCUT2D eigenvalue weighted by molar-refractivity contribution is 7.91. The number of alkyl halides is 3. The molecule has 0 radical (unpaired) electrons. The van der Waals surface area contributed by atoms with Crippen LogP contribution in [0.4, 0.5) is 13.2 Å². The number of hydrogen-bond acceptors (Lipinski definition) is 9. The Labute approximate surface area is 336 Å². The summed E-state index contributed by atoms with van der Waals surface area (Å²) in [7, 11) is -6.02. The van der Waals surface area contributed by atoms with Crippen molar-refractivity contribution in [3.05, 3.63) is 52.4 Å². The third kappa shape index (κ3) is 12.9. The van der Waals surface area contributed by atoms with Crippen molar-refractivity contribution in [2.75, 3.05) is 36.1 Å². The number of nitrogens with zero attached hydrogens (tertiary/aromatic N) is 3. The molecule has 4 aliphatic rings. The number of aryl methyl sites for hydroxylation is 3. The van der Waals surface area contributed by atoms with Crippen LogP contribution in [0, 0.1) is 55.3 Å². The van der Waals surface area contributed by atoms with Crippen molar-refractivity contribution >= 4 is 31.5 Å². The molecule has 2 aromatic heterocycles. The number of hydrogen-bond donors (Lipinski definition) is 2. The minimum Gasteiger partial charge on any atom is -0.351 e. The normalized spacial score (nSPS) is 24.7. The first-order valence-electron chi connectivity index (χ1n) is 20.5. The Balaban J connectivity index is 0.000000219. The van der Waals surface area contributed by atoms with Gasteiger partial charge < -0.3 is 10.6 Å². The molecule has 0 bridgehead atoms. The SMILES string of the molecule is CCCS(=O)(=O)CC1CC(CNC(=O)c2cnc(C)cc2C)(CC2CC2)C1.CCCS(=O)(=O)CC1CC(CNC(=O)c2cnc(C)nc2C(F)(F)F)(CC2CC2)C1. The zero-order valence-corrected chi connectivity index (χ0v) is 35.6. The Hall–Kier alpha value is -3.14. The van der Waals surface area contributed by atoms with Gasteiger partial charge in [0.25, 0.3) is 11.8 Å². The first kappa shape index (κ1) is 45.0. The van der Waals surface area contributed by atoms with E-state index >= 15 is 0 Å². The molecule has 4 saturated carbocycles. The topological polar surface area (TPSA) is 165 Å². The number of pyridine rings is 1. The van der Waals surface area contributed by atoms with Crippen molar-refractivity contribution in [3.63, 3.8) is 0 Å². The number of sulfone groups is 2. The molecule has 2 amide bonds. The van der Waals surface area contributed by atoms with Crippen LogP contribution < -0.4 is 10.6 Å². The average Bonchev–Trinajstić information content (AvgIpc) is 4.02. The Bertz CT molecular complexity index is 1970. The van der Waals surface area contributed by atoms with Crippen LogP contribution >= 0.6 is 0 Å². The van der Waals surface area contributed by atoms with Gasteiger partial charge in [-0.2, -0.15) is 13.2 Å². The van der Waals surface area contributed by atoms with Crippen molar-refractivity contribution in [1.82, 2.24) is 25.6 Å². The third-order valence-corrected chi connectivity index (χ3v) is 15.9. The minimum absolute atomic E-state index is 0.0469. The van der Waals surface area contributed by atoms with E-state index in [4.69, 9.17) is 0 Å². The second-order valence-corrected chi connectivity index (χ2v) is 22.2. The molecule has 0 unspecified atom stereocenters. The largest absolute Gasteiger partial charge is 0.434 e. The number of rotatable bonds is 18. The van der Waals surface area contributed by atoms with E-state index in [1.54, 1.807) is 6.20 Å². The molecule has 0 aromatic carbocycles. The van der Waals surface area contributed by atoms with E-state index in [0.29, 0.717) is 49.5 Å². The summed E-state index contributed by atoms with van der Waals surface area (Å²) in [5.74, 6) is 1.55. The Morgan fingerprint density at radius 3 is 1.56 bits per heavy atom. The predicted octanol–water partition coefficient (Wildman–Crippen LogP) is 7.00. The van der Waals surface area contributed by atoms with Gasteiger partial charge in [-0.15, -0.1) is 0 Å². The fraction of sp³-hybridized carbons (Fsp3) is 0.732. The molecule has 11 nitrogen and oxygen atoms in total. The average molecular weight is 840 g/mol. The summed E-state index contributed by atoms with van der Waals surface area (Å²) in [5, 5.41) is 5.76. The molecular weight excluding hydrogens is 780 g/mol. The van der Waals surface area contributed by atoms with Crippen molar-refractivity contribution in [2.45, 2.75) is 118 Å². The maximum atomic E-state index is 13.3. The highest BCUT2D eigenvalue weighted by Crippen LogP contribution is 2.55. The van der Waals surface area contributed by atoms with E-state index in [-0.39, 0.29) is 58.2 Å². The van der Waals surface area contributed by atoms with Crippen LogP contribution in [0.2, 0.25) is 0 Å². The Kier molecular flexibility index (Phi) is 14.2. The van der Waals surface area contributed by atoms with Gasteiger partial charge in [-0.05, 0) is 118 Å². The Morgan fingerprint density at radius 2 is 1.16 bits per heavy atom. The minimum atomic E-state index is -4.75. The highest BCUT2D eigenvalue weighted by atomic mass is 32.2. The molecule has 0 aliphatic heterocycles. The molecule has 6 rings (SSSR count). The van der Waals surface area contributed by atoms with Crippen LogP contribution in [0.1, 0.15) is 134 Å². The van der Waals surface area contributed by atoms with Crippen molar-refractivity contribution in [1.29, 1.82) is 0 Å². The number of halogens is 3. The van der Waals surface area contributed by atoms with Gasteiger partial charge in [0, 0.05) is 42.7 Å². The molecule has 2 N–H and O–H groups in total. The second-order valence-electron chi connectivity index (χ2n) is 17.8. The summed E-state index contributed by atoms with van der Waals surface area (Å²) in [6.45, 7) is 9.80. The van der Waals surface area contributed by atoms with E-state index in [9.17, 15) is 39.6 Å². The smallest absolute Gasteiger partial charge is 0.351 e. The summed E-state index contributed by atoms with van der Waals surface area (Å²) >= 11 is 0. The Morgan fingerprint density at radius 1 is 0.719 bits per heavy atom. The van der Waals surface area contributed by atoms with E-state index in [2.05, 4.69) is 25.6 Å². The van der Waals surface area contributed by atoms with Crippen molar-refractivity contribution < 1.29 is 39.6 Å². The fourth-order valence-corrected chi connectivity index (χ4v) is 12.7. The van der Waals surface area contributed by atoms with E-state index in [0.717, 1.165) is 61.9 Å². The zero-order chi connectivity index (χ0) is 41.8.